The number of hydrogen-bond acceptors (Lipinski definition) is 2. The lowest BCUT2D eigenvalue weighted by molar-refractivity contribution is 0.1000. The maximum atomic E-state index is 13.7. The van der Waals surface area contributed by atoms with Crippen LogP contribution >= 0.6 is 0 Å². The van der Waals surface area contributed by atoms with Crippen LogP contribution in [-0.2, 0) is 0 Å². The van der Waals surface area contributed by atoms with Gasteiger partial charge in [-0.1, -0.05) is 0 Å². The van der Waals surface area contributed by atoms with E-state index >= 15 is 0 Å². The van der Waals surface area contributed by atoms with Gasteiger partial charge in [0.2, 0.25) is 5.91 Å². The zero-order chi connectivity index (χ0) is 15.6. The molecule has 0 aliphatic heterocycles. The van der Waals surface area contributed by atoms with Gasteiger partial charge in [-0.05, 0) is 55.8 Å². The number of aryl methyl sites for hydroxylation is 1. The minimum absolute atomic E-state index is 0.244. The van der Waals surface area contributed by atoms with Crippen LogP contribution in [0.25, 0.3) is 0 Å². The van der Waals surface area contributed by atoms with Crippen LogP contribution in [0.15, 0.2) is 36.4 Å². The second kappa shape index (κ2) is 5.91. The topological polar surface area (TPSA) is 55.1 Å². The second-order valence-electron chi connectivity index (χ2n) is 4.93. The van der Waals surface area contributed by atoms with E-state index in [4.69, 9.17) is 5.73 Å². The molecule has 0 saturated carbocycles. The van der Waals surface area contributed by atoms with E-state index in [2.05, 4.69) is 5.32 Å². The van der Waals surface area contributed by atoms with Gasteiger partial charge in [-0.2, -0.15) is 0 Å². The van der Waals surface area contributed by atoms with Crippen molar-refractivity contribution in [3.8, 4) is 0 Å². The largest absolute Gasteiger partial charge is 0.378 e. The van der Waals surface area contributed by atoms with Gasteiger partial charge in [0.1, 0.15) is 11.6 Å². The molecule has 0 heterocycles. The first-order valence-corrected chi connectivity index (χ1v) is 6.50. The van der Waals surface area contributed by atoms with Crippen molar-refractivity contribution in [2.24, 2.45) is 5.73 Å². The third-order valence-electron chi connectivity index (χ3n) is 3.31. The summed E-state index contributed by atoms with van der Waals surface area (Å²) < 4.78 is 26.9. The highest BCUT2D eigenvalue weighted by molar-refractivity contribution is 5.93. The van der Waals surface area contributed by atoms with Gasteiger partial charge >= 0.3 is 0 Å². The van der Waals surface area contributed by atoms with Crippen LogP contribution in [0, 0.1) is 18.6 Å². The number of halogens is 2. The molecule has 0 bridgehead atoms. The van der Waals surface area contributed by atoms with Crippen LogP contribution in [-0.4, -0.2) is 5.91 Å². The first-order valence-electron chi connectivity index (χ1n) is 6.50. The zero-order valence-corrected chi connectivity index (χ0v) is 11.8. The number of primary amides is 1. The van der Waals surface area contributed by atoms with Gasteiger partial charge in [0.25, 0.3) is 0 Å². The summed E-state index contributed by atoms with van der Waals surface area (Å²) in [7, 11) is 0. The molecule has 2 rings (SSSR count). The molecular formula is C16H16F2N2O. The predicted octanol–water partition coefficient (Wildman–Crippen LogP) is 3.55. The van der Waals surface area contributed by atoms with Gasteiger partial charge < -0.3 is 11.1 Å². The fourth-order valence-electron chi connectivity index (χ4n) is 2.14. The lowest BCUT2D eigenvalue weighted by atomic mass is 10.0. The van der Waals surface area contributed by atoms with E-state index in [1.807, 2.05) is 6.92 Å². The number of carbonyl (C=O) groups is 1. The molecule has 5 heteroatoms. The number of hydrogen-bond donors (Lipinski definition) is 2. The number of nitrogens with one attached hydrogen (secondary N) is 1. The molecule has 0 saturated heterocycles. The Morgan fingerprint density at radius 3 is 2.52 bits per heavy atom. The van der Waals surface area contributed by atoms with Gasteiger partial charge in [-0.3, -0.25) is 4.79 Å². The van der Waals surface area contributed by atoms with Gasteiger partial charge in [-0.15, -0.1) is 0 Å². The van der Waals surface area contributed by atoms with Crippen LogP contribution in [0.5, 0.6) is 0 Å². The summed E-state index contributed by atoms with van der Waals surface area (Å²) in [4.78, 5) is 11.1. The van der Waals surface area contributed by atoms with E-state index in [0.717, 1.165) is 23.4 Å². The Balaban J connectivity index is 2.25. The molecule has 2 aromatic rings. The maximum absolute atomic E-state index is 13.7. The van der Waals surface area contributed by atoms with E-state index in [9.17, 15) is 13.6 Å². The highest BCUT2D eigenvalue weighted by Gasteiger charge is 2.13. The molecule has 0 aromatic heterocycles. The number of amides is 1. The monoisotopic (exact) mass is 290 g/mol. The molecule has 0 aliphatic rings. The summed E-state index contributed by atoms with van der Waals surface area (Å²) in [6, 6.07) is 7.87. The first kappa shape index (κ1) is 15.0. The number of carbonyl (C=O) groups excluding carboxylic acids is 1. The quantitative estimate of drug-likeness (QED) is 0.904. The molecule has 110 valence electrons. The second-order valence-corrected chi connectivity index (χ2v) is 4.93. The summed E-state index contributed by atoms with van der Waals surface area (Å²) in [5.41, 5.74) is 7.39. The van der Waals surface area contributed by atoms with Crippen molar-refractivity contribution in [3.63, 3.8) is 0 Å². The highest BCUT2D eigenvalue weighted by Crippen LogP contribution is 2.25. The van der Waals surface area contributed by atoms with Crippen molar-refractivity contribution in [3.05, 3.63) is 64.7 Å². The maximum Gasteiger partial charge on any atom is 0.248 e. The lowest BCUT2D eigenvalue weighted by Gasteiger charge is -2.18. The molecule has 1 atom stereocenters. The molecule has 0 spiro atoms. The minimum atomic E-state index is -0.506. The molecule has 0 fully saturated rings. The molecule has 0 aliphatic carbocycles. The summed E-state index contributed by atoms with van der Waals surface area (Å²) in [5.74, 6) is -1.46. The van der Waals surface area contributed by atoms with Crippen molar-refractivity contribution in [1.29, 1.82) is 0 Å². The summed E-state index contributed by atoms with van der Waals surface area (Å²) in [5, 5.41) is 3.10. The van der Waals surface area contributed by atoms with Gasteiger partial charge in [0, 0.05) is 16.8 Å². The van der Waals surface area contributed by atoms with Crippen molar-refractivity contribution in [2.75, 3.05) is 5.32 Å². The fourth-order valence-corrected chi connectivity index (χ4v) is 2.14. The summed E-state index contributed by atoms with van der Waals surface area (Å²) >= 11 is 0. The number of rotatable bonds is 4. The first-order chi connectivity index (χ1) is 9.88. The normalized spacial score (nSPS) is 12.0. The Kier molecular flexibility index (Phi) is 4.21. The van der Waals surface area contributed by atoms with Crippen LogP contribution in [0.1, 0.15) is 34.5 Å². The molecule has 3 nitrogen and oxygen atoms in total. The molecule has 2 aromatic carbocycles. The fraction of sp³-hybridized carbons (Fsp3) is 0.188. The Morgan fingerprint density at radius 1 is 1.19 bits per heavy atom. The van der Waals surface area contributed by atoms with Crippen molar-refractivity contribution in [1.82, 2.24) is 0 Å². The van der Waals surface area contributed by atoms with E-state index in [-0.39, 0.29) is 5.56 Å². The number of anilines is 1. The van der Waals surface area contributed by atoms with Gasteiger partial charge in [0.15, 0.2) is 0 Å². The molecule has 21 heavy (non-hydrogen) atoms. The van der Waals surface area contributed by atoms with E-state index in [1.165, 1.54) is 6.07 Å². The van der Waals surface area contributed by atoms with Crippen molar-refractivity contribution >= 4 is 11.6 Å². The van der Waals surface area contributed by atoms with Crippen LogP contribution in [0.3, 0.4) is 0 Å². The Bertz CT molecular complexity index is 686. The highest BCUT2D eigenvalue weighted by atomic mass is 19.1. The molecule has 3 N–H and O–H groups in total. The third-order valence-corrected chi connectivity index (χ3v) is 3.31. The predicted molar refractivity (Wildman–Crippen MR) is 78.1 cm³/mol. The van der Waals surface area contributed by atoms with Crippen molar-refractivity contribution in [2.45, 2.75) is 19.9 Å². The number of benzene rings is 2. The SMILES string of the molecule is Cc1cc(C(N)=O)ccc1NC(C)c1cc(F)ccc1F. The summed E-state index contributed by atoms with van der Waals surface area (Å²) in [6.45, 7) is 3.54. The van der Waals surface area contributed by atoms with Gasteiger partial charge in [0.05, 0.1) is 6.04 Å². The zero-order valence-electron chi connectivity index (χ0n) is 11.8. The molecular weight excluding hydrogens is 274 g/mol. The van der Waals surface area contributed by atoms with Crippen LogP contribution < -0.4 is 11.1 Å². The average molecular weight is 290 g/mol. The van der Waals surface area contributed by atoms with Crippen molar-refractivity contribution < 1.29 is 13.6 Å². The summed E-state index contributed by atoms with van der Waals surface area (Å²) in [6.07, 6.45) is 0. The van der Waals surface area contributed by atoms with E-state index in [1.54, 1.807) is 25.1 Å². The van der Waals surface area contributed by atoms with E-state index < -0.39 is 23.6 Å². The Morgan fingerprint density at radius 2 is 1.90 bits per heavy atom. The average Bonchev–Trinajstić information content (AvgIpc) is 2.43. The van der Waals surface area contributed by atoms with Gasteiger partial charge in [-0.25, -0.2) is 8.78 Å². The molecule has 1 amide bonds. The van der Waals surface area contributed by atoms with Crippen LogP contribution in [0.4, 0.5) is 14.5 Å². The Labute approximate surface area is 121 Å². The van der Waals surface area contributed by atoms with Crippen LogP contribution in [0.2, 0.25) is 0 Å². The Hall–Kier alpha value is -2.43. The lowest BCUT2D eigenvalue weighted by Crippen LogP contribution is -2.13. The minimum Gasteiger partial charge on any atom is -0.378 e. The number of nitrogens with two attached hydrogens (primary N) is 1. The molecule has 0 radical (unpaired) electrons. The standard InChI is InChI=1S/C16H16F2N2O/c1-9-7-11(16(19)21)3-6-15(9)20-10(2)13-8-12(17)4-5-14(13)18/h3-8,10,20H,1-2H3,(H2,19,21). The molecule has 1 unspecified atom stereocenters. The smallest absolute Gasteiger partial charge is 0.248 e. The third kappa shape index (κ3) is 3.37. The van der Waals surface area contributed by atoms with E-state index in [0.29, 0.717) is 5.56 Å².